The van der Waals surface area contributed by atoms with Crippen molar-refractivity contribution in [1.82, 2.24) is 0 Å². The van der Waals surface area contributed by atoms with E-state index in [0.29, 0.717) is 17.2 Å². The quantitative estimate of drug-likeness (QED) is 0.0763. The van der Waals surface area contributed by atoms with E-state index in [-0.39, 0.29) is 51.5 Å². The summed E-state index contributed by atoms with van der Waals surface area (Å²) in [7, 11) is 0. The van der Waals surface area contributed by atoms with E-state index in [1.54, 1.807) is 24.3 Å². The minimum absolute atomic E-state index is 0.146. The van der Waals surface area contributed by atoms with Gasteiger partial charge in [0.05, 0.1) is 0 Å². The smallest absolute Gasteiger partial charge is 0.330 e. The molecular formula is C40H46O12. The van der Waals surface area contributed by atoms with Gasteiger partial charge in [-0.2, -0.15) is 0 Å². The zero-order valence-electron chi connectivity index (χ0n) is 29.3. The second-order valence-corrected chi connectivity index (χ2v) is 11.7. The average Bonchev–Trinajstić information content (AvgIpc) is 3.17. The molecule has 0 radical (unpaired) electrons. The van der Waals surface area contributed by atoms with Crippen molar-refractivity contribution in [3.63, 3.8) is 0 Å². The first-order valence-electron chi connectivity index (χ1n) is 16.6. The molecule has 0 aromatic heterocycles. The van der Waals surface area contributed by atoms with Crippen LogP contribution in [0.15, 0.2) is 105 Å². The first kappa shape index (κ1) is 41.0. The third kappa shape index (κ3) is 12.4. The highest BCUT2D eigenvalue weighted by Gasteiger charge is 2.25. The third-order valence-corrected chi connectivity index (χ3v) is 7.82. The molecule has 3 rings (SSSR count). The Balaban J connectivity index is 1.96. The Morgan fingerprint density at radius 2 is 0.846 bits per heavy atom. The van der Waals surface area contributed by atoms with Gasteiger partial charge in [-0.15, -0.1) is 0 Å². The van der Waals surface area contributed by atoms with E-state index in [1.807, 2.05) is 56.3 Å². The summed E-state index contributed by atoms with van der Waals surface area (Å²) in [5.41, 5.74) is 3.02. The normalized spacial score (nSPS) is 13.6. The molecule has 5 unspecified atom stereocenters. The van der Waals surface area contributed by atoms with Gasteiger partial charge in [0.15, 0.2) is 0 Å². The standard InChI is InChI=1S/C40H46O12/c1-6-37(44)49-22-28(41)20-47-35-18-11-9-14-31(35)26(4)33-16-13-17-34(40(33)52-25-30(43)24-51-39(46)8-3)27(5)32-15-10-12-19-36(32)48-21-29(42)23-50-38(45)7-2/h6-19,26-30,41-43H,1-3,20-25H2,4-5H3. The van der Waals surface area contributed by atoms with Crippen LogP contribution in [0, 0.1) is 0 Å². The largest absolute Gasteiger partial charge is 0.490 e. The summed E-state index contributed by atoms with van der Waals surface area (Å²) < 4.78 is 33.2. The van der Waals surface area contributed by atoms with Crippen molar-refractivity contribution in [2.24, 2.45) is 0 Å². The number of rotatable bonds is 22. The zero-order chi connectivity index (χ0) is 38.0. The van der Waals surface area contributed by atoms with Crippen LogP contribution in [0.4, 0.5) is 0 Å². The SMILES string of the molecule is C=CC(=O)OCC(O)COc1ccccc1C(C)c1cccc(C(C)c2ccccc2OCC(O)COC(=O)C=C)c1OCC(O)COC(=O)C=C. The number of benzene rings is 3. The van der Waals surface area contributed by atoms with Crippen molar-refractivity contribution in [2.45, 2.75) is 44.0 Å². The fourth-order valence-electron chi connectivity index (χ4n) is 5.10. The van der Waals surface area contributed by atoms with Crippen molar-refractivity contribution in [3.05, 3.63) is 127 Å². The summed E-state index contributed by atoms with van der Waals surface area (Å²) in [6.07, 6.45) is -0.309. The first-order valence-corrected chi connectivity index (χ1v) is 16.6. The highest BCUT2D eigenvalue weighted by Crippen LogP contribution is 2.43. The number of aliphatic hydroxyl groups is 3. The maximum absolute atomic E-state index is 11.6. The van der Waals surface area contributed by atoms with Gasteiger partial charge in [-0.3, -0.25) is 0 Å². The Morgan fingerprint density at radius 1 is 0.519 bits per heavy atom. The molecule has 0 fully saturated rings. The van der Waals surface area contributed by atoms with Gasteiger partial charge >= 0.3 is 17.9 Å². The zero-order valence-corrected chi connectivity index (χ0v) is 29.3. The molecule has 52 heavy (non-hydrogen) atoms. The Hall–Kier alpha value is -5.43. The molecule has 0 spiro atoms. The Kier molecular flexibility index (Phi) is 16.6. The molecule has 0 saturated heterocycles. The first-order chi connectivity index (χ1) is 25.0. The lowest BCUT2D eigenvalue weighted by atomic mass is 9.85. The van der Waals surface area contributed by atoms with Crippen molar-refractivity contribution >= 4 is 17.9 Å². The van der Waals surface area contributed by atoms with Gasteiger partial charge in [-0.25, -0.2) is 14.4 Å². The fraction of sp³-hybridized carbons (Fsp3) is 0.325. The summed E-state index contributed by atoms with van der Waals surface area (Å²) in [6, 6.07) is 20.3. The summed E-state index contributed by atoms with van der Waals surface area (Å²) >= 11 is 0. The molecule has 0 heterocycles. The molecule has 3 aromatic carbocycles. The van der Waals surface area contributed by atoms with E-state index in [2.05, 4.69) is 19.7 Å². The van der Waals surface area contributed by atoms with Crippen LogP contribution in [0.3, 0.4) is 0 Å². The van der Waals surface area contributed by atoms with Gasteiger partial charge in [-0.05, 0) is 12.1 Å². The predicted octanol–water partition coefficient (Wildman–Crippen LogP) is 4.40. The van der Waals surface area contributed by atoms with E-state index < -0.39 is 36.2 Å². The number of para-hydroxylation sites is 3. The monoisotopic (exact) mass is 718 g/mol. The van der Waals surface area contributed by atoms with Crippen LogP contribution in [0.1, 0.15) is 47.9 Å². The molecule has 3 aromatic rings. The molecule has 12 nitrogen and oxygen atoms in total. The second kappa shape index (κ2) is 21.1. The van der Waals surface area contributed by atoms with E-state index >= 15 is 0 Å². The van der Waals surface area contributed by atoms with Gasteiger partial charge in [0.25, 0.3) is 0 Å². The van der Waals surface area contributed by atoms with Crippen LogP contribution in [0.5, 0.6) is 17.2 Å². The van der Waals surface area contributed by atoms with Crippen molar-refractivity contribution < 1.29 is 58.1 Å². The highest BCUT2D eigenvalue weighted by atomic mass is 16.6. The van der Waals surface area contributed by atoms with Crippen molar-refractivity contribution in [2.75, 3.05) is 39.6 Å². The second-order valence-electron chi connectivity index (χ2n) is 11.7. The molecule has 3 N–H and O–H groups in total. The lowest BCUT2D eigenvalue weighted by Gasteiger charge is -2.26. The van der Waals surface area contributed by atoms with Crippen molar-refractivity contribution in [3.8, 4) is 17.2 Å². The Labute approximate surface area is 303 Å². The summed E-state index contributed by atoms with van der Waals surface area (Å²) in [5.74, 6) is -1.23. The van der Waals surface area contributed by atoms with Gasteiger partial charge < -0.3 is 43.7 Å². The maximum atomic E-state index is 11.6. The van der Waals surface area contributed by atoms with Gasteiger partial charge in [0.2, 0.25) is 0 Å². The molecule has 0 aliphatic carbocycles. The number of aliphatic hydroxyl groups excluding tert-OH is 3. The van der Waals surface area contributed by atoms with Gasteiger partial charge in [0.1, 0.15) is 75.2 Å². The van der Waals surface area contributed by atoms with Gasteiger partial charge in [-0.1, -0.05) is 88.2 Å². The lowest BCUT2D eigenvalue weighted by Crippen LogP contribution is -2.26. The lowest BCUT2D eigenvalue weighted by molar-refractivity contribution is -0.142. The van der Waals surface area contributed by atoms with Crippen LogP contribution in [0.2, 0.25) is 0 Å². The predicted molar refractivity (Wildman–Crippen MR) is 192 cm³/mol. The Bertz CT molecular complexity index is 1570. The number of carbonyl (C=O) groups is 3. The number of hydrogen-bond donors (Lipinski definition) is 3. The van der Waals surface area contributed by atoms with Crippen LogP contribution >= 0.6 is 0 Å². The number of carbonyl (C=O) groups excluding carboxylic acids is 3. The molecule has 12 heteroatoms. The highest BCUT2D eigenvalue weighted by molar-refractivity contribution is 5.81. The van der Waals surface area contributed by atoms with Crippen molar-refractivity contribution in [1.29, 1.82) is 0 Å². The average molecular weight is 719 g/mol. The van der Waals surface area contributed by atoms with E-state index in [4.69, 9.17) is 28.4 Å². The molecule has 0 amide bonds. The van der Waals surface area contributed by atoms with Crippen LogP contribution in [0.25, 0.3) is 0 Å². The molecule has 0 aliphatic heterocycles. The Morgan fingerprint density at radius 3 is 1.21 bits per heavy atom. The molecule has 0 bridgehead atoms. The summed E-state index contributed by atoms with van der Waals surface area (Å²) in [4.78, 5) is 34.4. The van der Waals surface area contributed by atoms with Crippen LogP contribution in [-0.4, -0.2) is 91.2 Å². The van der Waals surface area contributed by atoms with Crippen LogP contribution in [-0.2, 0) is 28.6 Å². The fourth-order valence-corrected chi connectivity index (χ4v) is 5.10. The third-order valence-electron chi connectivity index (χ3n) is 7.82. The molecular weight excluding hydrogens is 672 g/mol. The molecule has 5 atom stereocenters. The van der Waals surface area contributed by atoms with E-state index in [1.165, 1.54) is 0 Å². The number of ether oxygens (including phenoxy) is 6. The minimum Gasteiger partial charge on any atom is -0.490 e. The van der Waals surface area contributed by atoms with E-state index in [9.17, 15) is 29.7 Å². The summed E-state index contributed by atoms with van der Waals surface area (Å²) in [5, 5.41) is 31.4. The number of esters is 3. The van der Waals surface area contributed by atoms with Crippen LogP contribution < -0.4 is 14.2 Å². The maximum Gasteiger partial charge on any atom is 0.330 e. The summed E-state index contributed by atoms with van der Waals surface area (Å²) in [6.45, 7) is 12.6. The molecule has 278 valence electrons. The van der Waals surface area contributed by atoms with Gasteiger partial charge in [0, 0.05) is 52.3 Å². The van der Waals surface area contributed by atoms with E-state index in [0.717, 1.165) is 40.5 Å². The number of hydrogen-bond acceptors (Lipinski definition) is 12. The topological polar surface area (TPSA) is 167 Å². The molecule has 0 saturated carbocycles. The molecule has 0 aliphatic rings. The minimum atomic E-state index is -1.16.